The van der Waals surface area contributed by atoms with Crippen LogP contribution in [0.5, 0.6) is 0 Å². The number of rotatable bonds is 18. The van der Waals surface area contributed by atoms with Crippen molar-refractivity contribution in [3.8, 4) is 22.5 Å². The fourth-order valence-corrected chi connectivity index (χ4v) is 9.75. The van der Waals surface area contributed by atoms with Crippen LogP contribution < -0.4 is 21.2 Å². The Morgan fingerprint density at radius 2 is 0.893 bits per heavy atom. The molecule has 0 saturated carbocycles. The summed E-state index contributed by atoms with van der Waals surface area (Å²) in [7, 11) is 0. The molecular weight excluding hydrogens is 1110 g/mol. The van der Waals surface area contributed by atoms with Crippen molar-refractivity contribution in [3.63, 3.8) is 0 Å². The average Bonchev–Trinajstić information content (AvgIpc) is 2.16. The summed E-state index contributed by atoms with van der Waals surface area (Å²) >= 11 is 0. The molecule has 0 unspecified atom stereocenters. The Bertz CT molecular complexity index is 3200. The van der Waals surface area contributed by atoms with Gasteiger partial charge in [-0.05, 0) is 49.2 Å². The van der Waals surface area contributed by atoms with Crippen LogP contribution in [0, 0.1) is 11.6 Å². The highest BCUT2D eigenvalue weighted by Gasteiger charge is 2.43. The van der Waals surface area contributed by atoms with E-state index < -0.39 is 69.5 Å². The third-order valence-electron chi connectivity index (χ3n) is 14.4. The minimum atomic E-state index is -4.76. The van der Waals surface area contributed by atoms with Gasteiger partial charge in [0.2, 0.25) is 0 Å². The van der Waals surface area contributed by atoms with Crippen molar-refractivity contribution >= 4 is 23.6 Å². The smallest absolute Gasteiger partial charge is 0.345 e. The van der Waals surface area contributed by atoms with Crippen LogP contribution in [0.2, 0.25) is 0 Å². The fourth-order valence-electron chi connectivity index (χ4n) is 9.75. The second kappa shape index (κ2) is 25.1. The Labute approximate surface area is 479 Å². The number of quaternary nitrogens is 2. The van der Waals surface area contributed by atoms with Gasteiger partial charge in [0.1, 0.15) is 85.6 Å². The second-order valence-electron chi connectivity index (χ2n) is 23.0. The number of hydrogen-bond acceptors (Lipinski definition) is 14. The summed E-state index contributed by atoms with van der Waals surface area (Å²) in [5, 5.41) is 0. The molecule has 2 aliphatic heterocycles. The summed E-state index contributed by atoms with van der Waals surface area (Å²) in [4.78, 5) is 94.3. The number of hydrogen-bond donors (Lipinski definition) is 0. The molecular formula is C58H66F8N12O6+2. The lowest BCUT2D eigenvalue weighted by Gasteiger charge is -2.42. The number of hydroxylamine groups is 6. The number of aryl methyl sites for hydroxylation is 2. The van der Waals surface area contributed by atoms with E-state index in [9.17, 15) is 54.3 Å². The van der Waals surface area contributed by atoms with Gasteiger partial charge in [-0.3, -0.25) is 18.8 Å². The zero-order chi connectivity index (χ0) is 60.8. The number of halogens is 8. The lowest BCUT2D eigenvalue weighted by atomic mass is 9.95. The van der Waals surface area contributed by atoms with Crippen molar-refractivity contribution in [1.82, 2.24) is 39.0 Å². The second-order valence-corrected chi connectivity index (χ2v) is 23.0. The standard InChI is InChI=1S/C58H66F8N12O6/c1-55(2,3)51-69-45(57(61,62)63)37-47(71-51)73-25-31-77(32-26-73,29-9-7-21-75-23-19-43(67-53(75)81)39-13-11-15-41(59)35-39)83-49(79)17-18-50(80)84-78(30-10-8-22-76-24-20-44(68-54(76)82)40-14-12-16-42(60)36-40)33-27-74(28-34-78)48-38-46(58(64,65)66)70-52(72-48)56(4,5)6/h11-20,23-24,35-38H,7-10,21-22,25-34H2,1-6H3/q+2/b18-17+. The van der Waals surface area contributed by atoms with Gasteiger partial charge in [0.25, 0.3) is 0 Å². The molecule has 6 aromatic rings. The number of unbranched alkanes of at least 4 members (excludes halogenated alkanes) is 2. The molecule has 6 heterocycles. The first kappa shape index (κ1) is 62.1. The molecule has 84 heavy (non-hydrogen) atoms. The quantitative estimate of drug-likeness (QED) is 0.0344. The third-order valence-corrected chi connectivity index (χ3v) is 14.4. The van der Waals surface area contributed by atoms with Gasteiger partial charge in [-0.15, -0.1) is 9.29 Å². The van der Waals surface area contributed by atoms with Gasteiger partial charge < -0.3 is 9.80 Å². The summed E-state index contributed by atoms with van der Waals surface area (Å²) in [6.07, 6.45) is -3.07. The van der Waals surface area contributed by atoms with E-state index in [-0.39, 0.29) is 123 Å². The van der Waals surface area contributed by atoms with Crippen LogP contribution in [-0.4, -0.2) is 126 Å². The van der Waals surface area contributed by atoms with Crippen molar-refractivity contribution < 1.29 is 63.7 Å². The normalized spacial score (nSPS) is 15.8. The molecule has 448 valence electrons. The summed E-state index contributed by atoms with van der Waals surface area (Å²) in [6, 6.07) is 16.3. The van der Waals surface area contributed by atoms with Gasteiger partial charge in [-0.25, -0.2) is 47.9 Å². The Balaban J connectivity index is 0.981. The van der Waals surface area contributed by atoms with Gasteiger partial charge in [0, 0.05) is 84.6 Å². The molecule has 0 N–H and O–H groups in total. The number of alkyl halides is 6. The molecule has 0 radical (unpaired) electrons. The highest BCUT2D eigenvalue weighted by atomic mass is 19.4. The van der Waals surface area contributed by atoms with Crippen LogP contribution in [0.1, 0.15) is 90.3 Å². The monoisotopic (exact) mass is 1180 g/mol. The Kier molecular flexibility index (Phi) is 18.5. The largest absolute Gasteiger partial charge is 0.433 e. The molecule has 2 aromatic carbocycles. The Morgan fingerprint density at radius 3 is 1.21 bits per heavy atom. The Hall–Kier alpha value is -8.00. The van der Waals surface area contributed by atoms with E-state index in [1.165, 1.54) is 45.5 Å². The number of anilines is 2. The van der Waals surface area contributed by atoms with Gasteiger partial charge in [-0.1, -0.05) is 65.8 Å². The minimum absolute atomic E-state index is 0.0124. The van der Waals surface area contributed by atoms with E-state index in [2.05, 4.69) is 29.9 Å². The fraction of sp³-hybridized carbons (Fsp3) is 0.448. The third kappa shape index (κ3) is 16.0. The molecule has 4 aromatic heterocycles. The number of benzene rings is 2. The van der Waals surface area contributed by atoms with Crippen LogP contribution in [0.15, 0.2) is 107 Å². The van der Waals surface area contributed by atoms with E-state index in [1.807, 2.05) is 0 Å². The molecule has 0 bridgehead atoms. The molecule has 2 aliphatic rings. The van der Waals surface area contributed by atoms with E-state index in [0.717, 1.165) is 24.3 Å². The summed E-state index contributed by atoms with van der Waals surface area (Å²) in [6.45, 7) is 11.7. The van der Waals surface area contributed by atoms with Crippen molar-refractivity contribution in [3.05, 3.63) is 153 Å². The molecule has 8 rings (SSSR count). The molecule has 0 amide bonds. The van der Waals surface area contributed by atoms with Crippen LogP contribution in [0.3, 0.4) is 0 Å². The van der Waals surface area contributed by atoms with Crippen molar-refractivity contribution in [2.45, 2.75) is 103 Å². The average molecular weight is 1180 g/mol. The zero-order valence-electron chi connectivity index (χ0n) is 47.4. The molecule has 0 atom stereocenters. The summed E-state index contributed by atoms with van der Waals surface area (Å²) in [5.41, 5.74) is -3.58. The molecule has 0 spiro atoms. The Morgan fingerprint density at radius 1 is 0.524 bits per heavy atom. The maximum absolute atomic E-state index is 14.1. The number of aromatic nitrogens is 8. The number of piperazine rings is 2. The summed E-state index contributed by atoms with van der Waals surface area (Å²) < 4.78 is 115. The highest BCUT2D eigenvalue weighted by molar-refractivity contribution is 5.91. The SMILES string of the molecule is CC(C)(C)c1nc(N2CC[N+](CCCCn3ccc(-c4cccc(F)c4)nc3=O)(OC(=O)/C=C/C(=O)O[N+]3(CCCCn4ccc(-c5cccc(F)c5)nc4=O)CCN(c4cc(C(F)(F)F)nc(C(C)(C)C)n4)CC3)CC2)cc(C(F)(F)F)n1. The lowest BCUT2D eigenvalue weighted by molar-refractivity contribution is -1.09. The first-order valence-corrected chi connectivity index (χ1v) is 27.4. The zero-order valence-corrected chi connectivity index (χ0v) is 47.4. The van der Waals surface area contributed by atoms with Crippen LogP contribution in [-0.2, 0) is 55.5 Å². The topological polar surface area (TPSA) is 180 Å². The molecule has 0 aliphatic carbocycles. The van der Waals surface area contributed by atoms with Crippen molar-refractivity contribution in [2.24, 2.45) is 0 Å². The minimum Gasteiger partial charge on any atom is -0.345 e. The van der Waals surface area contributed by atoms with Gasteiger partial charge in [0.15, 0.2) is 0 Å². The van der Waals surface area contributed by atoms with E-state index >= 15 is 0 Å². The number of nitrogens with zero attached hydrogens (tertiary/aromatic N) is 12. The molecule has 26 heteroatoms. The van der Waals surface area contributed by atoms with E-state index in [1.54, 1.807) is 88.0 Å². The van der Waals surface area contributed by atoms with Gasteiger partial charge in [0.05, 0.1) is 37.6 Å². The molecule has 18 nitrogen and oxygen atoms in total. The van der Waals surface area contributed by atoms with Gasteiger partial charge in [-0.2, -0.15) is 36.3 Å². The summed E-state index contributed by atoms with van der Waals surface area (Å²) in [5.74, 6) is -2.80. The number of carbonyl (C=O) groups is 2. The predicted molar refractivity (Wildman–Crippen MR) is 293 cm³/mol. The van der Waals surface area contributed by atoms with E-state index in [4.69, 9.17) is 9.68 Å². The first-order valence-electron chi connectivity index (χ1n) is 27.4. The predicted octanol–water partition coefficient (Wildman–Crippen LogP) is 9.03. The van der Waals surface area contributed by atoms with Crippen LogP contribution in [0.25, 0.3) is 22.5 Å². The molecule has 2 fully saturated rings. The molecule has 2 saturated heterocycles. The van der Waals surface area contributed by atoms with Crippen molar-refractivity contribution in [2.75, 3.05) is 75.2 Å². The van der Waals surface area contributed by atoms with E-state index in [0.29, 0.717) is 36.8 Å². The number of carbonyl (C=O) groups excluding carboxylic acids is 2. The first-order chi connectivity index (χ1) is 39.5. The van der Waals surface area contributed by atoms with Crippen molar-refractivity contribution in [1.29, 1.82) is 0 Å². The maximum Gasteiger partial charge on any atom is 0.433 e. The van der Waals surface area contributed by atoms with Crippen LogP contribution in [0.4, 0.5) is 46.8 Å². The highest BCUT2D eigenvalue weighted by Crippen LogP contribution is 2.35. The lowest BCUT2D eigenvalue weighted by Crippen LogP contribution is -2.61. The van der Waals surface area contributed by atoms with Crippen LogP contribution >= 0.6 is 0 Å². The van der Waals surface area contributed by atoms with Gasteiger partial charge >= 0.3 is 35.7 Å². The maximum atomic E-state index is 14.1.